The summed E-state index contributed by atoms with van der Waals surface area (Å²) >= 11 is 0. The van der Waals surface area contributed by atoms with Gasteiger partial charge in [0.1, 0.15) is 17.6 Å². The third-order valence-electron chi connectivity index (χ3n) is 1.22. The van der Waals surface area contributed by atoms with Gasteiger partial charge in [0, 0.05) is 7.05 Å². The highest BCUT2D eigenvalue weighted by Gasteiger charge is 2.02. The fraction of sp³-hybridized carbons (Fsp3) is 0.200. The van der Waals surface area contributed by atoms with E-state index in [4.69, 9.17) is 5.73 Å². The minimum absolute atomic E-state index is 0.243. The number of carbonyl (C=O) groups is 1. The second kappa shape index (κ2) is 2.49. The molecule has 60 valence electrons. The highest BCUT2D eigenvalue weighted by Crippen LogP contribution is 2.14. The Morgan fingerprint density at radius 2 is 2.55 bits per heavy atom. The summed E-state index contributed by atoms with van der Waals surface area (Å²) in [5, 5.41) is 15.7. The zero-order valence-corrected chi connectivity index (χ0v) is 5.87. The van der Waals surface area contributed by atoms with Crippen LogP contribution in [0.3, 0.4) is 0 Å². The monoisotopic (exact) mass is 155 g/mol. The lowest BCUT2D eigenvalue weighted by Gasteiger charge is -2.03. The average Bonchev–Trinajstić information content (AvgIpc) is 2.18. The van der Waals surface area contributed by atoms with Crippen LogP contribution in [0, 0.1) is 0 Å². The second-order valence-electron chi connectivity index (χ2n) is 1.98. The molecule has 0 fully saturated rings. The van der Waals surface area contributed by atoms with Gasteiger partial charge in [0.05, 0.1) is 6.20 Å². The molecule has 0 saturated carbocycles. The predicted molar refractivity (Wildman–Crippen MR) is 36.6 cm³/mol. The van der Waals surface area contributed by atoms with E-state index in [2.05, 4.69) is 5.10 Å². The molecule has 0 unspecified atom stereocenters. The molecule has 1 aromatic rings. The minimum atomic E-state index is -1.40. The van der Waals surface area contributed by atoms with Crippen LogP contribution in [-0.2, 0) is 7.05 Å². The zero-order valence-electron chi connectivity index (χ0n) is 5.87. The van der Waals surface area contributed by atoms with Crippen molar-refractivity contribution >= 4 is 17.6 Å². The third-order valence-corrected chi connectivity index (χ3v) is 1.22. The van der Waals surface area contributed by atoms with Crippen molar-refractivity contribution in [2.24, 2.45) is 7.05 Å². The SMILES string of the molecule is Cn1ncc(NC(=O)[O-])c1N. The zero-order chi connectivity index (χ0) is 8.43. The highest BCUT2D eigenvalue weighted by molar-refractivity contribution is 5.84. The van der Waals surface area contributed by atoms with Crippen LogP contribution in [0.1, 0.15) is 0 Å². The number of carbonyl (C=O) groups excluding carboxylic acids is 1. The van der Waals surface area contributed by atoms with Crippen molar-refractivity contribution < 1.29 is 9.90 Å². The molecule has 0 aliphatic heterocycles. The summed E-state index contributed by atoms with van der Waals surface area (Å²) in [6.45, 7) is 0. The van der Waals surface area contributed by atoms with Gasteiger partial charge in [-0.1, -0.05) is 0 Å². The van der Waals surface area contributed by atoms with Crippen LogP contribution >= 0.6 is 0 Å². The molecule has 0 radical (unpaired) electrons. The fourth-order valence-electron chi connectivity index (χ4n) is 0.653. The molecular weight excluding hydrogens is 148 g/mol. The maximum Gasteiger partial charge on any atom is 0.145 e. The standard InChI is InChI=1S/C5H8N4O2/c1-9-4(6)3(2-7-9)8-5(10)11/h2,8H,6H2,1H3,(H,10,11)/p-1. The van der Waals surface area contributed by atoms with Gasteiger partial charge in [0.15, 0.2) is 0 Å². The second-order valence-corrected chi connectivity index (χ2v) is 1.98. The Labute approximate surface area is 62.6 Å². The van der Waals surface area contributed by atoms with Gasteiger partial charge >= 0.3 is 0 Å². The van der Waals surface area contributed by atoms with Gasteiger partial charge in [-0.05, 0) is 0 Å². The molecule has 1 aromatic heterocycles. The summed E-state index contributed by atoms with van der Waals surface area (Å²) in [6.07, 6.45) is -0.0878. The number of anilines is 2. The van der Waals surface area contributed by atoms with E-state index in [1.54, 1.807) is 7.05 Å². The van der Waals surface area contributed by atoms with E-state index in [0.29, 0.717) is 0 Å². The van der Waals surface area contributed by atoms with Crippen LogP contribution in [0.2, 0.25) is 0 Å². The lowest BCUT2D eigenvalue weighted by Crippen LogP contribution is -2.28. The summed E-state index contributed by atoms with van der Waals surface area (Å²) in [5.74, 6) is 0.259. The van der Waals surface area contributed by atoms with Crippen LogP contribution < -0.4 is 16.2 Å². The molecule has 1 rings (SSSR count). The van der Waals surface area contributed by atoms with Crippen molar-refractivity contribution in [2.75, 3.05) is 11.1 Å². The first kappa shape index (κ1) is 7.39. The van der Waals surface area contributed by atoms with E-state index in [1.807, 2.05) is 5.32 Å². The van der Waals surface area contributed by atoms with Gasteiger partial charge in [-0.2, -0.15) is 5.10 Å². The number of amides is 1. The summed E-state index contributed by atoms with van der Waals surface area (Å²) in [6, 6.07) is 0. The number of carboxylic acid groups (broad SMARTS) is 1. The molecule has 1 heterocycles. The first-order valence-electron chi connectivity index (χ1n) is 2.86. The maximum absolute atomic E-state index is 10.0. The minimum Gasteiger partial charge on any atom is -0.530 e. The van der Waals surface area contributed by atoms with Crippen LogP contribution in [0.25, 0.3) is 0 Å². The van der Waals surface area contributed by atoms with Gasteiger partial charge in [-0.15, -0.1) is 0 Å². The van der Waals surface area contributed by atoms with Gasteiger partial charge in [-0.25, -0.2) is 0 Å². The van der Waals surface area contributed by atoms with Gasteiger partial charge in [-0.3, -0.25) is 4.68 Å². The number of hydrogen-bond donors (Lipinski definition) is 2. The number of aromatic nitrogens is 2. The predicted octanol–water partition coefficient (Wildman–Crippen LogP) is -1.24. The first-order valence-corrected chi connectivity index (χ1v) is 2.86. The highest BCUT2D eigenvalue weighted by atomic mass is 16.4. The number of nitrogen functional groups attached to an aromatic ring is 1. The van der Waals surface area contributed by atoms with Crippen LogP contribution in [-0.4, -0.2) is 15.9 Å². The van der Waals surface area contributed by atoms with E-state index in [0.717, 1.165) is 0 Å². The Hall–Kier alpha value is -1.72. The van der Waals surface area contributed by atoms with Crippen LogP contribution in [0.5, 0.6) is 0 Å². The molecule has 0 spiro atoms. The lowest BCUT2D eigenvalue weighted by atomic mass is 10.5. The van der Waals surface area contributed by atoms with E-state index < -0.39 is 6.09 Å². The summed E-state index contributed by atoms with van der Waals surface area (Å²) < 4.78 is 1.35. The normalized spacial score (nSPS) is 9.55. The van der Waals surface area contributed by atoms with E-state index in [-0.39, 0.29) is 11.5 Å². The molecule has 0 bridgehead atoms. The third kappa shape index (κ3) is 1.40. The molecule has 0 atom stereocenters. The molecule has 11 heavy (non-hydrogen) atoms. The van der Waals surface area contributed by atoms with E-state index >= 15 is 0 Å². The smallest absolute Gasteiger partial charge is 0.145 e. The molecule has 0 saturated heterocycles. The van der Waals surface area contributed by atoms with Gasteiger partial charge in [0.2, 0.25) is 0 Å². The van der Waals surface area contributed by atoms with Crippen molar-refractivity contribution in [3.05, 3.63) is 6.20 Å². The molecule has 0 aliphatic rings. The lowest BCUT2D eigenvalue weighted by molar-refractivity contribution is -0.242. The molecular formula is C5H7N4O2-. The van der Waals surface area contributed by atoms with Crippen LogP contribution in [0.4, 0.5) is 16.3 Å². The van der Waals surface area contributed by atoms with Crippen molar-refractivity contribution in [3.63, 3.8) is 0 Å². The van der Waals surface area contributed by atoms with E-state index in [9.17, 15) is 9.90 Å². The summed E-state index contributed by atoms with van der Waals surface area (Å²) in [4.78, 5) is 10.0. The van der Waals surface area contributed by atoms with Crippen molar-refractivity contribution in [1.82, 2.24) is 9.78 Å². The average molecular weight is 155 g/mol. The Balaban J connectivity index is 2.87. The largest absolute Gasteiger partial charge is 0.530 e. The Bertz CT molecular complexity index is 280. The Morgan fingerprint density at radius 3 is 2.91 bits per heavy atom. The number of aryl methyl sites for hydroxylation is 1. The fourth-order valence-corrected chi connectivity index (χ4v) is 0.653. The molecule has 0 aromatic carbocycles. The molecule has 6 heteroatoms. The van der Waals surface area contributed by atoms with Gasteiger partial charge < -0.3 is 21.0 Å². The Morgan fingerprint density at radius 1 is 1.91 bits per heavy atom. The summed E-state index contributed by atoms with van der Waals surface area (Å²) in [7, 11) is 1.61. The molecule has 3 N–H and O–H groups in total. The van der Waals surface area contributed by atoms with Gasteiger partial charge in [0.25, 0.3) is 0 Å². The number of rotatable bonds is 1. The number of nitrogens with one attached hydrogen (secondary N) is 1. The number of nitrogens with two attached hydrogens (primary N) is 1. The van der Waals surface area contributed by atoms with Crippen LogP contribution in [0.15, 0.2) is 6.20 Å². The molecule has 0 aliphatic carbocycles. The Kier molecular flexibility index (Phi) is 1.67. The quantitative estimate of drug-likeness (QED) is 0.530. The van der Waals surface area contributed by atoms with Crippen molar-refractivity contribution in [2.45, 2.75) is 0 Å². The molecule has 1 amide bonds. The topological polar surface area (TPSA) is 96.0 Å². The molecule has 6 nitrogen and oxygen atoms in total. The number of nitrogens with zero attached hydrogens (tertiary/aromatic N) is 2. The maximum atomic E-state index is 10.0. The first-order chi connectivity index (χ1) is 5.11. The van der Waals surface area contributed by atoms with Crippen molar-refractivity contribution in [1.29, 1.82) is 0 Å². The number of hydrogen-bond acceptors (Lipinski definition) is 4. The summed E-state index contributed by atoms with van der Waals surface area (Å²) in [5.41, 5.74) is 5.64. The van der Waals surface area contributed by atoms with E-state index in [1.165, 1.54) is 10.9 Å². The van der Waals surface area contributed by atoms with Crippen molar-refractivity contribution in [3.8, 4) is 0 Å².